The maximum absolute atomic E-state index is 13.0. The van der Waals surface area contributed by atoms with Crippen LogP contribution in [0.4, 0.5) is 0 Å². The Hall–Kier alpha value is -2.85. The van der Waals surface area contributed by atoms with Crippen LogP contribution < -0.4 is 4.72 Å². The molecular formula is C27H32N6O2S. The van der Waals surface area contributed by atoms with E-state index in [1.165, 1.54) is 0 Å². The minimum absolute atomic E-state index is 0.183. The molecule has 0 aliphatic heterocycles. The Morgan fingerprint density at radius 1 is 1.14 bits per heavy atom. The molecule has 0 unspecified atom stereocenters. The number of aliphatic hydroxyl groups excluding tert-OH is 1. The van der Waals surface area contributed by atoms with Gasteiger partial charge in [-0.05, 0) is 64.2 Å². The van der Waals surface area contributed by atoms with E-state index in [-0.39, 0.29) is 18.1 Å². The number of rotatable bonds is 7. The van der Waals surface area contributed by atoms with Crippen LogP contribution in [0.5, 0.6) is 0 Å². The maximum atomic E-state index is 13.0. The Bertz CT molecular complexity index is 1360. The third-order valence-corrected chi connectivity index (χ3v) is 8.20. The third-order valence-electron chi connectivity index (χ3n) is 6.62. The number of benzene rings is 1. The minimum atomic E-state index is -1.26. The molecule has 8 nitrogen and oxygen atoms in total. The molecule has 36 heavy (non-hydrogen) atoms. The molecule has 0 spiro atoms. The lowest BCUT2D eigenvalue weighted by Gasteiger charge is -2.38. The largest absolute Gasteiger partial charge is 0.598 e. The highest BCUT2D eigenvalue weighted by Gasteiger charge is 2.40. The lowest BCUT2D eigenvalue weighted by Crippen LogP contribution is -2.46. The van der Waals surface area contributed by atoms with Gasteiger partial charge < -0.3 is 9.66 Å². The molecule has 2 N–H and O–H groups in total. The number of hydrogen-bond acceptors (Lipinski definition) is 7. The first kappa shape index (κ1) is 24.8. The SMILES string of the molecule is CCc1cncc(-n2ncc3ccc(-c4cccc([C@@H](N[S@+]([O-])C(C)(C)C)[C@H]5C[C@H](O)C5)n4)cc32)n1. The molecule has 0 radical (unpaired) electrons. The minimum Gasteiger partial charge on any atom is -0.598 e. The molecule has 1 aliphatic carbocycles. The van der Waals surface area contributed by atoms with Crippen LogP contribution in [-0.4, -0.2) is 45.2 Å². The molecule has 3 heterocycles. The van der Waals surface area contributed by atoms with Gasteiger partial charge in [0.2, 0.25) is 0 Å². The molecule has 1 aliphatic rings. The number of pyridine rings is 1. The summed E-state index contributed by atoms with van der Waals surface area (Å²) in [5, 5.41) is 15.5. The van der Waals surface area contributed by atoms with Crippen LogP contribution in [0.15, 0.2) is 55.0 Å². The van der Waals surface area contributed by atoms with Crippen molar-refractivity contribution in [3.63, 3.8) is 0 Å². The summed E-state index contributed by atoms with van der Waals surface area (Å²) in [5.74, 6) is 0.864. The molecule has 1 saturated carbocycles. The summed E-state index contributed by atoms with van der Waals surface area (Å²) in [7, 11) is 0. The molecule has 0 saturated heterocycles. The highest BCUT2D eigenvalue weighted by Crippen LogP contribution is 2.39. The van der Waals surface area contributed by atoms with Crippen LogP contribution in [0, 0.1) is 5.92 Å². The van der Waals surface area contributed by atoms with Crippen molar-refractivity contribution in [2.24, 2.45) is 5.92 Å². The molecular weight excluding hydrogens is 472 g/mol. The molecule has 5 rings (SSSR count). The second kappa shape index (κ2) is 9.89. The second-order valence-electron chi connectivity index (χ2n) is 10.4. The number of aromatic nitrogens is 5. The van der Waals surface area contributed by atoms with E-state index in [2.05, 4.69) is 32.8 Å². The molecule has 0 amide bonds. The van der Waals surface area contributed by atoms with E-state index in [4.69, 9.17) is 4.98 Å². The quantitative estimate of drug-likeness (QED) is 0.361. The predicted molar refractivity (Wildman–Crippen MR) is 142 cm³/mol. The number of aryl methyl sites for hydroxylation is 1. The van der Waals surface area contributed by atoms with E-state index in [1.54, 1.807) is 17.1 Å². The lowest BCUT2D eigenvalue weighted by atomic mass is 9.76. The van der Waals surface area contributed by atoms with Crippen LogP contribution in [0.2, 0.25) is 0 Å². The second-order valence-corrected chi connectivity index (χ2v) is 12.4. The van der Waals surface area contributed by atoms with Gasteiger partial charge in [-0.15, -0.1) is 4.72 Å². The zero-order chi connectivity index (χ0) is 25.4. The highest BCUT2D eigenvalue weighted by molar-refractivity contribution is 7.90. The molecule has 1 aromatic carbocycles. The van der Waals surface area contributed by atoms with Crippen molar-refractivity contribution in [2.45, 2.75) is 63.9 Å². The van der Waals surface area contributed by atoms with Gasteiger partial charge in [0.15, 0.2) is 5.82 Å². The van der Waals surface area contributed by atoms with E-state index in [9.17, 15) is 9.66 Å². The van der Waals surface area contributed by atoms with Crippen molar-refractivity contribution in [3.05, 3.63) is 66.4 Å². The summed E-state index contributed by atoms with van der Waals surface area (Å²) >= 11 is -1.26. The summed E-state index contributed by atoms with van der Waals surface area (Å²) in [6.45, 7) is 7.90. The Kier molecular flexibility index (Phi) is 6.82. The molecule has 2 atom stereocenters. The fourth-order valence-corrected chi connectivity index (χ4v) is 5.30. The normalized spacial score (nSPS) is 19.7. The van der Waals surface area contributed by atoms with Crippen LogP contribution in [0.25, 0.3) is 28.0 Å². The van der Waals surface area contributed by atoms with Crippen molar-refractivity contribution in [1.82, 2.24) is 29.5 Å². The van der Waals surface area contributed by atoms with Gasteiger partial charge in [-0.25, -0.2) is 9.67 Å². The number of hydrogen-bond donors (Lipinski definition) is 2. The average Bonchev–Trinajstić information content (AvgIpc) is 3.28. The lowest BCUT2D eigenvalue weighted by molar-refractivity contribution is 0.0273. The van der Waals surface area contributed by atoms with Gasteiger partial charge >= 0.3 is 0 Å². The fraction of sp³-hybridized carbons (Fsp3) is 0.407. The molecule has 1 fully saturated rings. The summed E-state index contributed by atoms with van der Waals surface area (Å²) in [4.78, 5) is 14.0. The van der Waals surface area contributed by atoms with Crippen molar-refractivity contribution >= 4 is 22.3 Å². The molecule has 9 heteroatoms. The molecule has 0 bridgehead atoms. The van der Waals surface area contributed by atoms with Crippen LogP contribution in [0.1, 0.15) is 58.0 Å². The van der Waals surface area contributed by atoms with Crippen molar-refractivity contribution < 1.29 is 9.66 Å². The van der Waals surface area contributed by atoms with Crippen LogP contribution >= 0.6 is 0 Å². The van der Waals surface area contributed by atoms with Gasteiger partial charge in [0.25, 0.3) is 0 Å². The molecule has 188 valence electrons. The fourth-order valence-electron chi connectivity index (χ4n) is 4.41. The van der Waals surface area contributed by atoms with Gasteiger partial charge in [-0.3, -0.25) is 9.97 Å². The summed E-state index contributed by atoms with van der Waals surface area (Å²) in [6.07, 6.45) is 7.16. The Labute approximate surface area is 214 Å². The van der Waals surface area contributed by atoms with Gasteiger partial charge in [0, 0.05) is 28.5 Å². The highest BCUT2D eigenvalue weighted by atomic mass is 32.2. The zero-order valence-corrected chi connectivity index (χ0v) is 21.9. The van der Waals surface area contributed by atoms with E-state index >= 15 is 0 Å². The standard InChI is InChI=1S/C27H32N6O2S/c1-5-20-15-28-16-25(30-20)33-24-13-17(9-10-18(24)14-29-33)22-7-6-8-23(31-22)26(19-11-21(34)12-19)32-36(35)27(2,3)4/h6-10,13-16,19,21,26,32,34H,5,11-12H2,1-4H3/t19-,21-,26-,36+/m0/s1. The van der Waals surface area contributed by atoms with Crippen molar-refractivity contribution in [3.8, 4) is 17.1 Å². The molecule has 4 aromatic rings. The third kappa shape index (κ3) is 5.01. The number of fused-ring (bicyclic) bond motifs is 1. The van der Waals surface area contributed by atoms with E-state index in [0.717, 1.165) is 40.0 Å². The Morgan fingerprint density at radius 2 is 1.94 bits per heavy atom. The van der Waals surface area contributed by atoms with E-state index < -0.39 is 16.1 Å². The molecule has 3 aromatic heterocycles. The van der Waals surface area contributed by atoms with Gasteiger partial charge in [0.1, 0.15) is 4.75 Å². The maximum Gasteiger partial charge on any atom is 0.172 e. The first-order valence-electron chi connectivity index (χ1n) is 12.4. The van der Waals surface area contributed by atoms with Gasteiger partial charge in [-0.1, -0.05) is 25.1 Å². The summed E-state index contributed by atoms with van der Waals surface area (Å²) in [5.41, 5.74) is 4.44. The zero-order valence-electron chi connectivity index (χ0n) is 21.0. The first-order chi connectivity index (χ1) is 17.2. The van der Waals surface area contributed by atoms with Crippen LogP contribution in [0.3, 0.4) is 0 Å². The van der Waals surface area contributed by atoms with Gasteiger partial charge in [0.05, 0.1) is 47.1 Å². The number of nitrogens with zero attached hydrogens (tertiary/aromatic N) is 5. The van der Waals surface area contributed by atoms with E-state index in [0.29, 0.717) is 18.7 Å². The smallest absolute Gasteiger partial charge is 0.172 e. The first-order valence-corrected chi connectivity index (χ1v) is 13.5. The Balaban J connectivity index is 1.50. The van der Waals surface area contributed by atoms with Crippen LogP contribution in [-0.2, 0) is 17.8 Å². The van der Waals surface area contributed by atoms with Gasteiger partial charge in [-0.2, -0.15) is 5.10 Å². The number of aliphatic hydroxyl groups is 1. The topological polar surface area (TPSA) is 112 Å². The predicted octanol–water partition coefficient (Wildman–Crippen LogP) is 4.30. The van der Waals surface area contributed by atoms with Crippen molar-refractivity contribution in [2.75, 3.05) is 0 Å². The Morgan fingerprint density at radius 3 is 2.67 bits per heavy atom. The monoisotopic (exact) mass is 504 g/mol. The van der Waals surface area contributed by atoms with Crippen molar-refractivity contribution in [1.29, 1.82) is 0 Å². The summed E-state index contributed by atoms with van der Waals surface area (Å²) in [6, 6.07) is 11.9. The van der Waals surface area contributed by atoms with E-state index in [1.807, 2.05) is 57.3 Å². The number of nitrogens with one attached hydrogen (secondary N) is 1. The average molecular weight is 505 g/mol. The summed E-state index contributed by atoms with van der Waals surface area (Å²) < 4.78 is 17.7.